The monoisotopic (exact) mass is 362 g/mol. The van der Waals surface area contributed by atoms with Gasteiger partial charge in [0.1, 0.15) is 5.82 Å². The van der Waals surface area contributed by atoms with Crippen LogP contribution in [0.2, 0.25) is 0 Å². The third kappa shape index (κ3) is 3.68. The van der Waals surface area contributed by atoms with Gasteiger partial charge < -0.3 is 11.5 Å². The molecule has 0 amide bonds. The molecule has 0 aliphatic heterocycles. The number of alkyl halides is 1. The van der Waals surface area contributed by atoms with Crippen LogP contribution in [0, 0.1) is 11.7 Å². The van der Waals surface area contributed by atoms with Crippen molar-refractivity contribution in [3.8, 4) is 0 Å². The van der Waals surface area contributed by atoms with Crippen LogP contribution in [-0.2, 0) is 0 Å². The molecule has 0 saturated carbocycles. The van der Waals surface area contributed by atoms with Crippen LogP contribution >= 0.6 is 22.6 Å². The summed E-state index contributed by atoms with van der Waals surface area (Å²) in [4.78, 5) is 0. The van der Waals surface area contributed by atoms with Crippen LogP contribution in [0.1, 0.15) is 32.4 Å². The molecule has 0 radical (unpaired) electrons. The average molecular weight is 362 g/mol. The zero-order chi connectivity index (χ0) is 13.9. The highest BCUT2D eigenvalue weighted by Crippen LogP contribution is 2.29. The van der Waals surface area contributed by atoms with Gasteiger partial charge in [-0.05, 0) is 36.1 Å². The number of hydrogen-bond acceptors (Lipinski definition) is 2. The van der Waals surface area contributed by atoms with Crippen molar-refractivity contribution >= 4 is 22.6 Å². The fourth-order valence-electron chi connectivity index (χ4n) is 1.84. The zero-order valence-corrected chi connectivity index (χ0v) is 13.1. The molecule has 1 aromatic rings. The van der Waals surface area contributed by atoms with Gasteiger partial charge in [-0.15, -0.1) is 0 Å². The summed E-state index contributed by atoms with van der Waals surface area (Å²) in [6.07, 6.45) is 0. The minimum atomic E-state index is -0.278. The van der Waals surface area contributed by atoms with E-state index in [9.17, 15) is 4.39 Å². The summed E-state index contributed by atoms with van der Waals surface area (Å²) >= 11 is 2.31. The number of halogens is 2. The molecule has 0 aliphatic rings. The highest BCUT2D eigenvalue weighted by molar-refractivity contribution is 14.1. The van der Waals surface area contributed by atoms with Crippen LogP contribution in [0.25, 0.3) is 0 Å². The fraction of sp³-hybridized carbons (Fsp3) is 0.429. The molecule has 0 fully saturated rings. The van der Waals surface area contributed by atoms with Crippen LogP contribution in [0.3, 0.4) is 0 Å². The molecule has 0 spiro atoms. The average Bonchev–Trinajstić information content (AvgIpc) is 2.29. The van der Waals surface area contributed by atoms with Gasteiger partial charge in [0.25, 0.3) is 0 Å². The molecular formula is C14H20FIN2. The summed E-state index contributed by atoms with van der Waals surface area (Å²) in [6, 6.07) is 6.01. The molecule has 0 heterocycles. The molecule has 0 saturated heterocycles. The van der Waals surface area contributed by atoms with Crippen molar-refractivity contribution in [1.82, 2.24) is 0 Å². The molecule has 0 bridgehead atoms. The van der Waals surface area contributed by atoms with Crippen molar-refractivity contribution in [2.24, 2.45) is 17.4 Å². The molecule has 18 heavy (non-hydrogen) atoms. The fourth-order valence-corrected chi connectivity index (χ4v) is 2.59. The molecular weight excluding hydrogens is 342 g/mol. The van der Waals surface area contributed by atoms with Crippen LogP contribution in [0.15, 0.2) is 35.5 Å². The van der Waals surface area contributed by atoms with E-state index in [1.807, 2.05) is 13.8 Å². The normalized spacial score (nSPS) is 16.4. The van der Waals surface area contributed by atoms with Gasteiger partial charge in [-0.2, -0.15) is 0 Å². The Balaban J connectivity index is 3.15. The van der Waals surface area contributed by atoms with Crippen LogP contribution in [0.4, 0.5) is 4.39 Å². The first kappa shape index (κ1) is 15.4. The molecule has 2 nitrogen and oxygen atoms in total. The first-order valence-electron chi connectivity index (χ1n) is 5.99. The van der Waals surface area contributed by atoms with Gasteiger partial charge in [-0.3, -0.25) is 0 Å². The van der Waals surface area contributed by atoms with Crippen molar-refractivity contribution in [2.75, 3.05) is 0 Å². The smallest absolute Gasteiger partial charge is 0.123 e. The Morgan fingerprint density at radius 3 is 2.06 bits per heavy atom. The number of hydrogen-bond donors (Lipinski definition) is 2. The second-order valence-corrected chi connectivity index (χ2v) is 6.58. The number of benzene rings is 1. The Labute approximate surface area is 122 Å². The number of nitrogens with two attached hydrogens (primary N) is 2. The summed E-state index contributed by atoms with van der Waals surface area (Å²) in [5.74, 6) is -0.000419. The summed E-state index contributed by atoms with van der Waals surface area (Å²) < 4.78 is 13.2. The Kier molecular flexibility index (Phi) is 5.59. The SMILES string of the molecule is CC(C)/C(N)=C(\C(C)I)C(N)c1ccc(F)cc1. The Morgan fingerprint density at radius 1 is 1.17 bits per heavy atom. The summed E-state index contributed by atoms with van der Waals surface area (Å²) in [5.41, 5.74) is 15.2. The van der Waals surface area contributed by atoms with E-state index in [4.69, 9.17) is 11.5 Å². The largest absolute Gasteiger partial charge is 0.402 e. The molecule has 2 atom stereocenters. The molecule has 0 aliphatic carbocycles. The van der Waals surface area contributed by atoms with E-state index in [0.29, 0.717) is 0 Å². The topological polar surface area (TPSA) is 52.0 Å². The number of rotatable bonds is 4. The van der Waals surface area contributed by atoms with E-state index in [-0.39, 0.29) is 21.7 Å². The summed E-state index contributed by atoms with van der Waals surface area (Å²) in [7, 11) is 0. The predicted octanol–water partition coefficient (Wildman–Crippen LogP) is 3.52. The van der Waals surface area contributed by atoms with Crippen molar-refractivity contribution in [1.29, 1.82) is 0 Å². The molecule has 4 N–H and O–H groups in total. The van der Waals surface area contributed by atoms with Gasteiger partial charge in [0, 0.05) is 9.62 Å². The van der Waals surface area contributed by atoms with Gasteiger partial charge >= 0.3 is 0 Å². The Morgan fingerprint density at radius 2 is 1.67 bits per heavy atom. The van der Waals surface area contributed by atoms with Crippen LogP contribution in [0.5, 0.6) is 0 Å². The maximum atomic E-state index is 12.9. The third-order valence-electron chi connectivity index (χ3n) is 2.95. The molecule has 0 aromatic heterocycles. The molecule has 2 unspecified atom stereocenters. The Bertz CT molecular complexity index is 424. The van der Waals surface area contributed by atoms with E-state index in [1.54, 1.807) is 12.1 Å². The van der Waals surface area contributed by atoms with Crippen molar-refractivity contribution in [2.45, 2.75) is 30.7 Å². The van der Waals surface area contributed by atoms with Gasteiger partial charge in [-0.25, -0.2) is 4.39 Å². The van der Waals surface area contributed by atoms with Gasteiger partial charge in [0.15, 0.2) is 0 Å². The quantitative estimate of drug-likeness (QED) is 0.636. The lowest BCUT2D eigenvalue weighted by molar-refractivity contribution is 0.625. The van der Waals surface area contributed by atoms with Gasteiger partial charge in [0.05, 0.1) is 6.04 Å². The minimum absolute atomic E-state index is 0.241. The molecule has 1 aromatic carbocycles. The van der Waals surface area contributed by atoms with Gasteiger partial charge in [-0.1, -0.05) is 48.6 Å². The Hall–Kier alpha value is -0.620. The third-order valence-corrected chi connectivity index (χ3v) is 3.62. The van der Waals surface area contributed by atoms with E-state index in [1.165, 1.54) is 12.1 Å². The van der Waals surface area contributed by atoms with Crippen LogP contribution < -0.4 is 11.5 Å². The maximum Gasteiger partial charge on any atom is 0.123 e. The standard InChI is InChI=1S/C14H20FIN2/c1-8(2)13(17)12(9(3)16)14(18)10-4-6-11(15)7-5-10/h4-9,14H,17-18H2,1-3H3/b13-12-. The molecule has 1 rings (SSSR count). The van der Waals surface area contributed by atoms with Gasteiger partial charge in [0.2, 0.25) is 0 Å². The summed E-state index contributed by atoms with van der Waals surface area (Å²) in [5, 5.41) is 0. The predicted molar refractivity (Wildman–Crippen MR) is 82.9 cm³/mol. The molecule has 100 valence electrons. The highest BCUT2D eigenvalue weighted by Gasteiger charge is 2.20. The lowest BCUT2D eigenvalue weighted by atomic mass is 9.92. The first-order valence-corrected chi connectivity index (χ1v) is 7.23. The van der Waals surface area contributed by atoms with Crippen molar-refractivity contribution < 1.29 is 4.39 Å². The lowest BCUT2D eigenvalue weighted by Gasteiger charge is -2.23. The van der Waals surface area contributed by atoms with E-state index < -0.39 is 0 Å². The first-order chi connectivity index (χ1) is 8.34. The minimum Gasteiger partial charge on any atom is -0.402 e. The second-order valence-electron chi connectivity index (χ2n) is 4.71. The maximum absolute atomic E-state index is 12.9. The van der Waals surface area contributed by atoms with E-state index in [0.717, 1.165) is 16.8 Å². The zero-order valence-electron chi connectivity index (χ0n) is 11.0. The number of allylic oxidation sites excluding steroid dienone is 1. The van der Waals surface area contributed by atoms with Crippen LogP contribution in [-0.4, -0.2) is 3.92 Å². The van der Waals surface area contributed by atoms with E-state index >= 15 is 0 Å². The molecule has 4 heteroatoms. The lowest BCUT2D eigenvalue weighted by Crippen LogP contribution is -2.24. The summed E-state index contributed by atoms with van der Waals surface area (Å²) in [6.45, 7) is 6.16. The highest BCUT2D eigenvalue weighted by atomic mass is 127. The van der Waals surface area contributed by atoms with E-state index in [2.05, 4.69) is 29.5 Å². The van der Waals surface area contributed by atoms with Crippen molar-refractivity contribution in [3.05, 3.63) is 46.9 Å². The second kappa shape index (κ2) is 6.52. The van der Waals surface area contributed by atoms with Crippen molar-refractivity contribution in [3.63, 3.8) is 0 Å².